The number of aromatic nitrogens is 2. The van der Waals surface area contributed by atoms with E-state index in [-0.39, 0.29) is 12.0 Å². The van der Waals surface area contributed by atoms with E-state index in [0.717, 1.165) is 18.0 Å². The van der Waals surface area contributed by atoms with Crippen molar-refractivity contribution in [2.24, 2.45) is 0 Å². The molecule has 0 aliphatic rings. The van der Waals surface area contributed by atoms with Gasteiger partial charge in [-0.3, -0.25) is 0 Å². The third-order valence-electron chi connectivity index (χ3n) is 2.32. The molecule has 0 radical (unpaired) electrons. The summed E-state index contributed by atoms with van der Waals surface area (Å²) < 4.78 is 37.4. The predicted octanol–water partition coefficient (Wildman–Crippen LogP) is 2.68. The van der Waals surface area contributed by atoms with Crippen LogP contribution in [0.3, 0.4) is 0 Å². The monoisotopic (exact) mass is 265 g/mol. The summed E-state index contributed by atoms with van der Waals surface area (Å²) in [6.45, 7) is 1.92. The van der Waals surface area contributed by atoms with Crippen molar-refractivity contribution in [1.82, 2.24) is 9.97 Å². The highest BCUT2D eigenvalue weighted by molar-refractivity contribution is 7.98. The first-order valence-electron chi connectivity index (χ1n) is 4.98. The van der Waals surface area contributed by atoms with Crippen LogP contribution in [0.25, 0.3) is 0 Å². The highest BCUT2D eigenvalue weighted by Crippen LogP contribution is 2.28. The van der Waals surface area contributed by atoms with Gasteiger partial charge in [-0.1, -0.05) is 0 Å². The van der Waals surface area contributed by atoms with E-state index in [9.17, 15) is 13.2 Å². The summed E-state index contributed by atoms with van der Waals surface area (Å²) in [5.41, 5.74) is -0.911. The molecular formula is C10H14F3N3S. The lowest BCUT2D eigenvalue weighted by Crippen LogP contribution is -2.32. The largest absolute Gasteiger partial charge is 0.433 e. The molecule has 0 aliphatic carbocycles. The lowest BCUT2D eigenvalue weighted by atomic mass is 10.3. The fourth-order valence-corrected chi connectivity index (χ4v) is 1.93. The summed E-state index contributed by atoms with van der Waals surface area (Å²) in [7, 11) is 1.69. The van der Waals surface area contributed by atoms with Gasteiger partial charge < -0.3 is 4.90 Å². The molecule has 1 aromatic heterocycles. The second-order valence-corrected chi connectivity index (χ2v) is 4.57. The first-order chi connectivity index (χ1) is 7.86. The Balaban J connectivity index is 2.92. The van der Waals surface area contributed by atoms with Crippen LogP contribution in [0.15, 0.2) is 12.3 Å². The third-order valence-corrected chi connectivity index (χ3v) is 3.13. The number of hydrogen-bond donors (Lipinski definition) is 0. The molecule has 0 amide bonds. The zero-order valence-corrected chi connectivity index (χ0v) is 10.6. The van der Waals surface area contributed by atoms with Crippen molar-refractivity contribution in [2.75, 3.05) is 24.0 Å². The van der Waals surface area contributed by atoms with Gasteiger partial charge in [0.25, 0.3) is 0 Å². The molecule has 17 heavy (non-hydrogen) atoms. The van der Waals surface area contributed by atoms with Crippen molar-refractivity contribution in [3.63, 3.8) is 0 Å². The maximum atomic E-state index is 12.5. The summed E-state index contributed by atoms with van der Waals surface area (Å²) >= 11 is 1.62. The van der Waals surface area contributed by atoms with Crippen molar-refractivity contribution in [1.29, 1.82) is 0 Å². The van der Waals surface area contributed by atoms with E-state index in [1.165, 1.54) is 0 Å². The number of alkyl halides is 3. The van der Waals surface area contributed by atoms with Crippen molar-refractivity contribution in [2.45, 2.75) is 19.1 Å². The minimum Gasteiger partial charge on any atom is -0.340 e. The molecule has 1 rings (SSSR count). The van der Waals surface area contributed by atoms with Crippen LogP contribution in [-0.4, -0.2) is 35.1 Å². The Morgan fingerprint density at radius 1 is 1.47 bits per heavy atom. The van der Waals surface area contributed by atoms with Gasteiger partial charge in [-0.15, -0.1) is 0 Å². The number of thioether (sulfide) groups is 1. The highest BCUT2D eigenvalue weighted by Gasteiger charge is 2.33. The molecule has 0 aliphatic heterocycles. The summed E-state index contributed by atoms with van der Waals surface area (Å²) in [5.74, 6) is 0.900. The number of halogens is 3. The van der Waals surface area contributed by atoms with Crippen LogP contribution in [0.2, 0.25) is 0 Å². The lowest BCUT2D eigenvalue weighted by Gasteiger charge is -2.24. The molecule has 0 spiro atoms. The Kier molecular flexibility index (Phi) is 4.62. The minimum absolute atomic E-state index is 0.0773. The van der Waals surface area contributed by atoms with Crippen LogP contribution >= 0.6 is 11.8 Å². The van der Waals surface area contributed by atoms with E-state index in [1.54, 1.807) is 23.7 Å². The molecule has 1 atom stereocenters. The van der Waals surface area contributed by atoms with Crippen molar-refractivity contribution in [3.8, 4) is 0 Å². The fourth-order valence-electron chi connectivity index (χ4n) is 1.23. The zero-order valence-electron chi connectivity index (χ0n) is 9.82. The maximum Gasteiger partial charge on any atom is 0.433 e. The van der Waals surface area contributed by atoms with Crippen molar-refractivity contribution >= 4 is 17.7 Å². The van der Waals surface area contributed by atoms with Crippen molar-refractivity contribution in [3.05, 3.63) is 18.0 Å². The number of nitrogens with zero attached hydrogens (tertiary/aromatic N) is 3. The highest BCUT2D eigenvalue weighted by atomic mass is 32.2. The maximum absolute atomic E-state index is 12.5. The molecule has 96 valence electrons. The molecule has 0 aromatic carbocycles. The van der Waals surface area contributed by atoms with Gasteiger partial charge in [0.1, 0.15) is 5.69 Å². The van der Waals surface area contributed by atoms with E-state index in [4.69, 9.17) is 0 Å². The summed E-state index contributed by atoms with van der Waals surface area (Å²) in [6.07, 6.45) is -1.36. The zero-order chi connectivity index (χ0) is 13.1. The summed E-state index contributed by atoms with van der Waals surface area (Å²) in [5, 5.41) is 0. The number of rotatable bonds is 4. The van der Waals surface area contributed by atoms with Gasteiger partial charge in [0.05, 0.1) is 0 Å². The van der Waals surface area contributed by atoms with Gasteiger partial charge in [0.15, 0.2) is 0 Å². The Morgan fingerprint density at radius 2 is 2.12 bits per heavy atom. The summed E-state index contributed by atoms with van der Waals surface area (Å²) in [4.78, 5) is 9.03. The minimum atomic E-state index is -4.43. The molecule has 0 bridgehead atoms. The molecule has 1 heterocycles. The van der Waals surface area contributed by atoms with Gasteiger partial charge in [0, 0.05) is 25.0 Å². The van der Waals surface area contributed by atoms with Gasteiger partial charge in [-0.2, -0.15) is 24.9 Å². The van der Waals surface area contributed by atoms with Crippen LogP contribution in [0.4, 0.5) is 19.1 Å². The topological polar surface area (TPSA) is 29.0 Å². The SMILES string of the molecule is CSCC(C)N(C)c1nccc(C(F)(F)F)n1. The average Bonchev–Trinajstić information content (AvgIpc) is 2.27. The Bertz CT molecular complexity index is 370. The number of hydrogen-bond acceptors (Lipinski definition) is 4. The Labute approximate surface area is 102 Å². The van der Waals surface area contributed by atoms with E-state index in [1.807, 2.05) is 13.2 Å². The van der Waals surface area contributed by atoms with E-state index >= 15 is 0 Å². The molecule has 1 aromatic rings. The van der Waals surface area contributed by atoms with Crippen LogP contribution in [0, 0.1) is 0 Å². The lowest BCUT2D eigenvalue weighted by molar-refractivity contribution is -0.141. The normalized spacial score (nSPS) is 13.5. The number of anilines is 1. The second kappa shape index (κ2) is 5.57. The first-order valence-corrected chi connectivity index (χ1v) is 6.37. The quantitative estimate of drug-likeness (QED) is 0.837. The molecular weight excluding hydrogens is 251 g/mol. The fraction of sp³-hybridized carbons (Fsp3) is 0.600. The van der Waals surface area contributed by atoms with Gasteiger partial charge >= 0.3 is 6.18 Å². The molecule has 0 saturated heterocycles. The second-order valence-electron chi connectivity index (χ2n) is 3.65. The summed E-state index contributed by atoms with van der Waals surface area (Å²) in [6, 6.07) is 0.949. The molecule has 0 saturated carbocycles. The van der Waals surface area contributed by atoms with Gasteiger partial charge in [0.2, 0.25) is 5.95 Å². The van der Waals surface area contributed by atoms with Crippen LogP contribution in [-0.2, 0) is 6.18 Å². The average molecular weight is 265 g/mol. The van der Waals surface area contributed by atoms with E-state index < -0.39 is 11.9 Å². The van der Waals surface area contributed by atoms with Gasteiger partial charge in [-0.25, -0.2) is 9.97 Å². The molecule has 0 N–H and O–H groups in total. The van der Waals surface area contributed by atoms with E-state index in [2.05, 4.69) is 9.97 Å². The van der Waals surface area contributed by atoms with Crippen LogP contribution in [0.1, 0.15) is 12.6 Å². The first kappa shape index (κ1) is 14.1. The van der Waals surface area contributed by atoms with E-state index in [0.29, 0.717) is 0 Å². The molecule has 0 fully saturated rings. The van der Waals surface area contributed by atoms with Crippen molar-refractivity contribution < 1.29 is 13.2 Å². The van der Waals surface area contributed by atoms with Crippen LogP contribution in [0.5, 0.6) is 0 Å². The smallest absolute Gasteiger partial charge is 0.340 e. The Morgan fingerprint density at radius 3 is 2.65 bits per heavy atom. The van der Waals surface area contributed by atoms with Crippen LogP contribution < -0.4 is 4.90 Å². The third kappa shape index (κ3) is 3.76. The molecule has 7 heteroatoms. The van der Waals surface area contributed by atoms with Gasteiger partial charge in [-0.05, 0) is 19.2 Å². The molecule has 3 nitrogen and oxygen atoms in total. The standard InChI is InChI=1S/C10H14F3N3S/c1-7(6-17-3)16(2)9-14-5-4-8(15-9)10(11,12)13/h4-5,7H,6H2,1-3H3. The Hall–Kier alpha value is -0.980. The predicted molar refractivity (Wildman–Crippen MR) is 63.3 cm³/mol. The molecule has 1 unspecified atom stereocenters.